The summed E-state index contributed by atoms with van der Waals surface area (Å²) < 4.78 is 14.9. The van der Waals surface area contributed by atoms with Gasteiger partial charge in [-0.3, -0.25) is 4.57 Å². The van der Waals surface area contributed by atoms with Gasteiger partial charge in [0.15, 0.2) is 0 Å². The van der Waals surface area contributed by atoms with E-state index in [1.54, 1.807) is 0 Å². The zero-order valence-corrected chi connectivity index (χ0v) is 6.30. The van der Waals surface area contributed by atoms with E-state index in [4.69, 9.17) is 10.6 Å². The monoisotopic (exact) mass is 153 g/mol. The molecule has 0 aromatic rings. The van der Waals surface area contributed by atoms with Crippen LogP contribution >= 0.6 is 7.60 Å². The van der Waals surface area contributed by atoms with Crippen molar-refractivity contribution in [2.24, 2.45) is 5.73 Å². The molecular weight excluding hydrogens is 141 g/mol. The minimum absolute atomic E-state index is 0.153. The average molecular weight is 153 g/mol. The molecule has 0 aliphatic carbocycles. The Morgan fingerprint density at radius 2 is 2.33 bits per heavy atom. The quantitative estimate of drug-likeness (QED) is 0.564. The van der Waals surface area contributed by atoms with Gasteiger partial charge in [0.25, 0.3) is 0 Å². The van der Waals surface area contributed by atoms with Gasteiger partial charge in [-0.15, -0.1) is 0 Å². The summed E-state index contributed by atoms with van der Waals surface area (Å²) in [5.74, 6) is 0. The van der Waals surface area contributed by atoms with Crippen LogP contribution in [0.1, 0.15) is 6.42 Å². The maximum Gasteiger partial charge on any atom is 0.327 e. The molecule has 1 unspecified atom stereocenters. The SMILES string of the molecule is COP(=O)(O)CCCN. The van der Waals surface area contributed by atoms with Crippen molar-refractivity contribution in [1.82, 2.24) is 0 Å². The van der Waals surface area contributed by atoms with E-state index in [9.17, 15) is 4.57 Å². The van der Waals surface area contributed by atoms with Gasteiger partial charge in [0, 0.05) is 7.11 Å². The largest absolute Gasteiger partial charge is 0.330 e. The van der Waals surface area contributed by atoms with Crippen molar-refractivity contribution in [3.05, 3.63) is 0 Å². The second-order valence-electron chi connectivity index (χ2n) is 1.69. The smallest absolute Gasteiger partial charge is 0.327 e. The van der Waals surface area contributed by atoms with Gasteiger partial charge in [0.1, 0.15) is 0 Å². The second kappa shape index (κ2) is 4.01. The van der Waals surface area contributed by atoms with Crippen LogP contribution in [0.3, 0.4) is 0 Å². The molecule has 0 aromatic carbocycles. The normalized spacial score (nSPS) is 17.2. The lowest BCUT2D eigenvalue weighted by Crippen LogP contribution is -2.02. The molecule has 0 radical (unpaired) electrons. The van der Waals surface area contributed by atoms with Gasteiger partial charge in [0.05, 0.1) is 6.16 Å². The first-order valence-electron chi connectivity index (χ1n) is 2.70. The standard InChI is InChI=1S/C4H12NO3P/c1-8-9(6,7)4-2-3-5/h2-5H2,1H3,(H,6,7). The van der Waals surface area contributed by atoms with Gasteiger partial charge in [0.2, 0.25) is 0 Å². The maximum atomic E-state index is 10.6. The van der Waals surface area contributed by atoms with E-state index in [-0.39, 0.29) is 6.16 Å². The highest BCUT2D eigenvalue weighted by atomic mass is 31.2. The predicted molar refractivity (Wildman–Crippen MR) is 35.4 cm³/mol. The maximum absolute atomic E-state index is 10.6. The van der Waals surface area contributed by atoms with Crippen LogP contribution in [0.2, 0.25) is 0 Å². The lowest BCUT2D eigenvalue weighted by Gasteiger charge is -2.05. The molecule has 5 heteroatoms. The van der Waals surface area contributed by atoms with Crippen molar-refractivity contribution in [2.75, 3.05) is 19.8 Å². The Labute approximate surface area is 54.5 Å². The number of nitrogens with two attached hydrogens (primary N) is 1. The highest BCUT2D eigenvalue weighted by molar-refractivity contribution is 7.52. The van der Waals surface area contributed by atoms with Crippen molar-refractivity contribution in [3.63, 3.8) is 0 Å². The topological polar surface area (TPSA) is 72.5 Å². The molecule has 3 N–H and O–H groups in total. The molecule has 0 saturated carbocycles. The van der Waals surface area contributed by atoms with Crippen molar-refractivity contribution in [3.8, 4) is 0 Å². The minimum Gasteiger partial charge on any atom is -0.330 e. The Morgan fingerprint density at radius 1 is 1.78 bits per heavy atom. The summed E-state index contributed by atoms with van der Waals surface area (Å²) >= 11 is 0. The first kappa shape index (κ1) is 9.11. The van der Waals surface area contributed by atoms with Crippen LogP contribution < -0.4 is 5.73 Å². The Bertz CT molecular complexity index is 116. The summed E-state index contributed by atoms with van der Waals surface area (Å²) in [7, 11) is -2.05. The Kier molecular flexibility index (Phi) is 4.06. The van der Waals surface area contributed by atoms with Gasteiger partial charge >= 0.3 is 7.60 Å². The first-order chi connectivity index (χ1) is 4.12. The molecule has 0 heterocycles. The molecule has 0 aliphatic heterocycles. The Morgan fingerprint density at radius 3 is 2.67 bits per heavy atom. The number of hydrogen-bond acceptors (Lipinski definition) is 3. The molecule has 0 spiro atoms. The molecule has 9 heavy (non-hydrogen) atoms. The predicted octanol–water partition coefficient (Wildman–Crippen LogP) is 0.167. The number of rotatable bonds is 4. The zero-order chi connectivity index (χ0) is 7.33. The molecule has 0 fully saturated rings. The molecule has 1 atom stereocenters. The third kappa shape index (κ3) is 4.60. The lowest BCUT2D eigenvalue weighted by molar-refractivity contribution is 0.315. The van der Waals surface area contributed by atoms with Gasteiger partial charge in [-0.2, -0.15) is 0 Å². The number of hydrogen-bond donors (Lipinski definition) is 2. The summed E-state index contributed by atoms with van der Waals surface area (Å²) in [6.07, 6.45) is 0.682. The van der Waals surface area contributed by atoms with E-state index in [0.717, 1.165) is 0 Å². The molecule has 0 aliphatic rings. The van der Waals surface area contributed by atoms with Crippen molar-refractivity contribution in [2.45, 2.75) is 6.42 Å². The van der Waals surface area contributed by atoms with E-state index in [2.05, 4.69) is 4.52 Å². The van der Waals surface area contributed by atoms with Crippen LogP contribution in [0, 0.1) is 0 Å². The lowest BCUT2D eigenvalue weighted by atomic mass is 10.5. The summed E-state index contributed by atoms with van der Waals surface area (Å²) in [6.45, 7) is 0.425. The molecule has 0 bridgehead atoms. The van der Waals surface area contributed by atoms with Crippen LogP contribution in [0.5, 0.6) is 0 Å². The van der Waals surface area contributed by atoms with Crippen molar-refractivity contribution < 1.29 is 14.0 Å². The molecule has 0 aromatic heterocycles. The first-order valence-corrected chi connectivity index (χ1v) is 4.46. The van der Waals surface area contributed by atoms with Gasteiger partial charge < -0.3 is 15.2 Å². The minimum atomic E-state index is -3.27. The molecular formula is C4H12NO3P. The third-order valence-electron chi connectivity index (χ3n) is 0.930. The van der Waals surface area contributed by atoms with E-state index in [1.807, 2.05) is 0 Å². The summed E-state index contributed by atoms with van der Waals surface area (Å²) in [5.41, 5.74) is 5.10. The third-order valence-corrected chi connectivity index (χ3v) is 2.38. The van der Waals surface area contributed by atoms with Gasteiger partial charge in [-0.05, 0) is 13.0 Å². The molecule has 0 saturated heterocycles. The van der Waals surface area contributed by atoms with Crippen molar-refractivity contribution >= 4 is 7.60 Å². The fraction of sp³-hybridized carbons (Fsp3) is 1.00. The Hall–Kier alpha value is 0.110. The average Bonchev–Trinajstić information content (AvgIpc) is 1.84. The van der Waals surface area contributed by atoms with Crippen LogP contribution in [-0.4, -0.2) is 24.7 Å². The van der Waals surface area contributed by atoms with Crippen LogP contribution in [0.15, 0.2) is 0 Å². The summed E-state index contributed by atoms with van der Waals surface area (Å²) in [5, 5.41) is 0. The second-order valence-corrected chi connectivity index (χ2v) is 3.77. The fourth-order valence-corrected chi connectivity index (χ4v) is 1.15. The molecule has 4 nitrogen and oxygen atoms in total. The zero-order valence-electron chi connectivity index (χ0n) is 5.41. The molecule has 0 amide bonds. The molecule has 56 valence electrons. The summed E-state index contributed by atoms with van der Waals surface area (Å²) in [4.78, 5) is 8.73. The fourth-order valence-electron chi connectivity index (χ4n) is 0.382. The van der Waals surface area contributed by atoms with Crippen molar-refractivity contribution in [1.29, 1.82) is 0 Å². The highest BCUT2D eigenvalue weighted by Crippen LogP contribution is 2.40. The van der Waals surface area contributed by atoms with Gasteiger partial charge in [-0.25, -0.2) is 0 Å². The van der Waals surface area contributed by atoms with Gasteiger partial charge in [-0.1, -0.05) is 0 Å². The Balaban J connectivity index is 3.46. The van der Waals surface area contributed by atoms with E-state index >= 15 is 0 Å². The highest BCUT2D eigenvalue weighted by Gasteiger charge is 2.14. The van der Waals surface area contributed by atoms with E-state index in [0.29, 0.717) is 13.0 Å². The molecule has 0 rings (SSSR count). The van der Waals surface area contributed by atoms with Crippen LogP contribution in [-0.2, 0) is 9.09 Å². The summed E-state index contributed by atoms with van der Waals surface area (Å²) in [6, 6.07) is 0. The van der Waals surface area contributed by atoms with E-state index in [1.165, 1.54) is 7.11 Å². The van der Waals surface area contributed by atoms with E-state index < -0.39 is 7.60 Å². The van der Waals surface area contributed by atoms with Crippen LogP contribution in [0.4, 0.5) is 0 Å². The van der Waals surface area contributed by atoms with Crippen LogP contribution in [0.25, 0.3) is 0 Å².